The molecule has 1 aromatic rings. The Bertz CT molecular complexity index is 407. The highest BCUT2D eigenvalue weighted by molar-refractivity contribution is 5.76. The zero-order chi connectivity index (χ0) is 13.7. The minimum atomic E-state index is 0.347. The van der Waals surface area contributed by atoms with E-state index in [-0.39, 0.29) is 0 Å². The lowest BCUT2D eigenvalue weighted by Crippen LogP contribution is -2.33. The second-order valence-electron chi connectivity index (χ2n) is 5.67. The van der Waals surface area contributed by atoms with Gasteiger partial charge in [-0.2, -0.15) is 0 Å². The van der Waals surface area contributed by atoms with Crippen molar-refractivity contribution in [3.8, 4) is 0 Å². The van der Waals surface area contributed by atoms with Crippen LogP contribution in [-0.4, -0.2) is 21.4 Å². The summed E-state index contributed by atoms with van der Waals surface area (Å²) in [7, 11) is 2.05. The molecule has 0 unspecified atom stereocenters. The van der Waals surface area contributed by atoms with Crippen LogP contribution in [0.1, 0.15) is 57.6 Å². The van der Waals surface area contributed by atoms with Gasteiger partial charge in [0.15, 0.2) is 0 Å². The van der Waals surface area contributed by atoms with Gasteiger partial charge in [-0.25, -0.2) is 0 Å². The molecule has 1 heterocycles. The molecule has 1 aliphatic carbocycles. The number of hydrogen-bond donors (Lipinski definition) is 0. The Morgan fingerprint density at radius 1 is 1.37 bits per heavy atom. The second kappa shape index (κ2) is 6.78. The van der Waals surface area contributed by atoms with E-state index in [1.165, 1.54) is 37.8 Å². The van der Waals surface area contributed by atoms with E-state index in [0.29, 0.717) is 11.9 Å². The average Bonchev–Trinajstić information content (AvgIpc) is 3.16. The van der Waals surface area contributed by atoms with Crippen LogP contribution in [0, 0.1) is 0 Å². The maximum atomic E-state index is 12.3. The van der Waals surface area contributed by atoms with E-state index in [9.17, 15) is 4.79 Å². The summed E-state index contributed by atoms with van der Waals surface area (Å²) in [5.41, 5.74) is 1.23. The fourth-order valence-electron chi connectivity index (χ4n) is 2.49. The van der Waals surface area contributed by atoms with Crippen molar-refractivity contribution in [2.75, 3.05) is 0 Å². The van der Waals surface area contributed by atoms with Crippen molar-refractivity contribution in [2.45, 2.75) is 64.5 Å². The molecule has 1 aromatic heterocycles. The third-order valence-electron chi connectivity index (χ3n) is 3.94. The van der Waals surface area contributed by atoms with Gasteiger partial charge >= 0.3 is 0 Å². The standard InChI is InChI=1S/C16H26N2O/c1-3-4-5-6-9-16(19)18(14-10-11-14)13-15-8-7-12-17(15)2/h7-8,12,14H,3-6,9-11,13H2,1-2H3. The number of aryl methyl sites for hydroxylation is 1. The first-order valence-electron chi connectivity index (χ1n) is 7.62. The molecule has 3 nitrogen and oxygen atoms in total. The van der Waals surface area contributed by atoms with Crippen LogP contribution in [0.25, 0.3) is 0 Å². The van der Waals surface area contributed by atoms with Gasteiger partial charge in [-0.3, -0.25) is 4.79 Å². The number of aromatic nitrogens is 1. The van der Waals surface area contributed by atoms with E-state index in [0.717, 1.165) is 19.4 Å². The number of unbranched alkanes of at least 4 members (excludes halogenated alkanes) is 3. The molecule has 106 valence electrons. The SMILES string of the molecule is CCCCCCC(=O)N(Cc1cccn1C)C1CC1. The predicted octanol–water partition coefficient (Wildman–Crippen LogP) is 3.49. The Morgan fingerprint density at radius 2 is 2.16 bits per heavy atom. The fourth-order valence-corrected chi connectivity index (χ4v) is 2.49. The molecule has 0 aromatic carbocycles. The molecule has 0 atom stereocenters. The van der Waals surface area contributed by atoms with Gasteiger partial charge in [-0.15, -0.1) is 0 Å². The third-order valence-corrected chi connectivity index (χ3v) is 3.94. The highest BCUT2D eigenvalue weighted by atomic mass is 16.2. The van der Waals surface area contributed by atoms with Crippen LogP contribution in [0.15, 0.2) is 18.3 Å². The maximum Gasteiger partial charge on any atom is 0.223 e. The van der Waals surface area contributed by atoms with Gasteiger partial charge in [0, 0.05) is 31.4 Å². The van der Waals surface area contributed by atoms with Gasteiger partial charge in [-0.1, -0.05) is 26.2 Å². The van der Waals surface area contributed by atoms with E-state index in [4.69, 9.17) is 0 Å². The topological polar surface area (TPSA) is 25.2 Å². The summed E-state index contributed by atoms with van der Waals surface area (Å²) < 4.78 is 2.11. The highest BCUT2D eigenvalue weighted by Crippen LogP contribution is 2.29. The van der Waals surface area contributed by atoms with Crippen LogP contribution in [0.2, 0.25) is 0 Å². The monoisotopic (exact) mass is 262 g/mol. The van der Waals surface area contributed by atoms with E-state index < -0.39 is 0 Å². The summed E-state index contributed by atoms with van der Waals surface area (Å²) in [5.74, 6) is 0.347. The molecule has 0 N–H and O–H groups in total. The predicted molar refractivity (Wildman–Crippen MR) is 77.7 cm³/mol. The molecule has 2 rings (SSSR count). The first-order valence-corrected chi connectivity index (χ1v) is 7.62. The van der Waals surface area contributed by atoms with Crippen molar-refractivity contribution >= 4 is 5.91 Å². The lowest BCUT2D eigenvalue weighted by molar-refractivity contribution is -0.132. The van der Waals surface area contributed by atoms with Crippen molar-refractivity contribution in [1.82, 2.24) is 9.47 Å². The number of carbonyl (C=O) groups excluding carboxylic acids is 1. The van der Waals surface area contributed by atoms with Crippen molar-refractivity contribution < 1.29 is 4.79 Å². The fraction of sp³-hybridized carbons (Fsp3) is 0.688. The van der Waals surface area contributed by atoms with Gasteiger partial charge < -0.3 is 9.47 Å². The van der Waals surface area contributed by atoms with Crippen LogP contribution < -0.4 is 0 Å². The Hall–Kier alpha value is -1.25. The number of carbonyl (C=O) groups is 1. The molecule has 0 radical (unpaired) electrons. The summed E-state index contributed by atoms with van der Waals surface area (Å²) in [5, 5.41) is 0. The van der Waals surface area contributed by atoms with Crippen molar-refractivity contribution in [3.63, 3.8) is 0 Å². The van der Waals surface area contributed by atoms with Crippen LogP contribution in [0.3, 0.4) is 0 Å². The molecule has 3 heteroatoms. The Labute approximate surface area is 116 Å². The molecule has 0 aliphatic heterocycles. The van der Waals surface area contributed by atoms with Crippen molar-refractivity contribution in [2.24, 2.45) is 7.05 Å². The van der Waals surface area contributed by atoms with Gasteiger partial charge in [0.05, 0.1) is 6.54 Å². The molecule has 0 saturated heterocycles. The Balaban J connectivity index is 1.85. The van der Waals surface area contributed by atoms with E-state index in [1.807, 2.05) is 19.3 Å². The number of nitrogens with zero attached hydrogens (tertiary/aromatic N) is 2. The van der Waals surface area contributed by atoms with Gasteiger partial charge in [0.1, 0.15) is 0 Å². The van der Waals surface area contributed by atoms with Crippen LogP contribution in [-0.2, 0) is 18.4 Å². The highest BCUT2D eigenvalue weighted by Gasteiger charge is 2.32. The lowest BCUT2D eigenvalue weighted by Gasteiger charge is -2.23. The smallest absolute Gasteiger partial charge is 0.223 e. The molecule has 19 heavy (non-hydrogen) atoms. The largest absolute Gasteiger partial charge is 0.353 e. The molecule has 1 fully saturated rings. The summed E-state index contributed by atoms with van der Waals surface area (Å²) in [6.45, 7) is 2.98. The average molecular weight is 262 g/mol. The maximum absolute atomic E-state index is 12.3. The molecular weight excluding hydrogens is 236 g/mol. The second-order valence-corrected chi connectivity index (χ2v) is 5.67. The van der Waals surface area contributed by atoms with Crippen molar-refractivity contribution in [1.29, 1.82) is 0 Å². The molecular formula is C16H26N2O. The molecule has 0 spiro atoms. The van der Waals surface area contributed by atoms with Gasteiger partial charge in [0.25, 0.3) is 0 Å². The molecule has 1 aliphatic rings. The van der Waals surface area contributed by atoms with Crippen LogP contribution in [0.4, 0.5) is 0 Å². The number of rotatable bonds is 8. The normalized spacial score (nSPS) is 14.6. The first-order chi connectivity index (χ1) is 9.22. The zero-order valence-electron chi connectivity index (χ0n) is 12.3. The number of hydrogen-bond acceptors (Lipinski definition) is 1. The van der Waals surface area contributed by atoms with Crippen LogP contribution in [0.5, 0.6) is 0 Å². The van der Waals surface area contributed by atoms with E-state index >= 15 is 0 Å². The molecule has 1 amide bonds. The Morgan fingerprint density at radius 3 is 2.74 bits per heavy atom. The first kappa shape index (κ1) is 14.2. The molecule has 1 saturated carbocycles. The Kier molecular flexibility index (Phi) is 5.06. The minimum absolute atomic E-state index is 0.347. The van der Waals surface area contributed by atoms with Crippen molar-refractivity contribution in [3.05, 3.63) is 24.0 Å². The van der Waals surface area contributed by atoms with Gasteiger partial charge in [0.2, 0.25) is 5.91 Å². The van der Waals surface area contributed by atoms with E-state index in [2.05, 4.69) is 22.5 Å². The summed E-state index contributed by atoms with van der Waals surface area (Å²) in [6.07, 6.45) is 9.84. The summed E-state index contributed by atoms with van der Waals surface area (Å²) >= 11 is 0. The minimum Gasteiger partial charge on any atom is -0.353 e. The summed E-state index contributed by atoms with van der Waals surface area (Å²) in [4.78, 5) is 14.4. The third kappa shape index (κ3) is 4.12. The quantitative estimate of drug-likeness (QED) is 0.658. The number of amides is 1. The van der Waals surface area contributed by atoms with Crippen LogP contribution >= 0.6 is 0 Å². The summed E-state index contributed by atoms with van der Waals surface area (Å²) in [6, 6.07) is 4.67. The van der Waals surface area contributed by atoms with Gasteiger partial charge in [-0.05, 0) is 31.4 Å². The zero-order valence-corrected chi connectivity index (χ0v) is 12.3. The van der Waals surface area contributed by atoms with E-state index in [1.54, 1.807) is 0 Å². The lowest BCUT2D eigenvalue weighted by atomic mass is 10.1. The molecule has 0 bridgehead atoms.